The number of amides is 2. The van der Waals surface area contributed by atoms with E-state index < -0.39 is 5.60 Å². The van der Waals surface area contributed by atoms with E-state index in [9.17, 15) is 9.90 Å². The Bertz CT molecular complexity index is 845. The molecule has 0 spiro atoms. The number of anilines is 1. The monoisotopic (exact) mass is 386 g/mol. The maximum absolute atomic E-state index is 12.6. The molecule has 2 fully saturated rings. The number of nitrogens with zero attached hydrogens (tertiary/aromatic N) is 2. The number of hydrogen-bond acceptors (Lipinski definition) is 4. The van der Waals surface area contributed by atoms with Crippen LogP contribution in [0, 0.1) is 0 Å². The van der Waals surface area contributed by atoms with Crippen LogP contribution in [0.15, 0.2) is 12.1 Å². The Kier molecular flexibility index (Phi) is 5.19. The highest BCUT2D eigenvalue weighted by Gasteiger charge is 2.30. The normalized spacial score (nSPS) is 20.3. The number of piperidine rings is 1. The Morgan fingerprint density at radius 3 is 2.68 bits per heavy atom. The highest BCUT2D eigenvalue weighted by Crippen LogP contribution is 2.38. The molecule has 7 nitrogen and oxygen atoms in total. The van der Waals surface area contributed by atoms with Gasteiger partial charge in [-0.25, -0.2) is 9.78 Å². The zero-order valence-electron chi connectivity index (χ0n) is 16.8. The molecular formula is C21H30N4O3. The van der Waals surface area contributed by atoms with Crippen LogP contribution in [-0.2, 0) is 0 Å². The number of rotatable bonds is 3. The van der Waals surface area contributed by atoms with Crippen LogP contribution in [0.4, 0.5) is 10.7 Å². The maximum atomic E-state index is 12.6. The summed E-state index contributed by atoms with van der Waals surface area (Å²) in [7, 11) is 1.65. The van der Waals surface area contributed by atoms with Crippen LogP contribution in [0.1, 0.15) is 63.4 Å². The van der Waals surface area contributed by atoms with Crippen molar-refractivity contribution in [3.63, 3.8) is 0 Å². The van der Waals surface area contributed by atoms with Gasteiger partial charge in [-0.1, -0.05) is 25.3 Å². The van der Waals surface area contributed by atoms with Crippen LogP contribution < -0.4 is 10.1 Å². The van der Waals surface area contributed by atoms with E-state index >= 15 is 0 Å². The first-order valence-corrected chi connectivity index (χ1v) is 10.3. The number of carbonyl (C=O) groups is 1. The molecule has 7 heteroatoms. The summed E-state index contributed by atoms with van der Waals surface area (Å²) in [5, 5.41) is 13.0. The molecule has 1 aromatic heterocycles. The summed E-state index contributed by atoms with van der Waals surface area (Å²) in [6.45, 7) is 2.89. The zero-order chi connectivity index (χ0) is 19.7. The van der Waals surface area contributed by atoms with Crippen molar-refractivity contribution < 1.29 is 14.6 Å². The van der Waals surface area contributed by atoms with Crippen LogP contribution >= 0.6 is 0 Å². The minimum absolute atomic E-state index is 0.187. The Morgan fingerprint density at radius 2 is 2.00 bits per heavy atom. The fourth-order valence-corrected chi connectivity index (χ4v) is 4.43. The number of H-pyrrole nitrogens is 1. The van der Waals surface area contributed by atoms with Gasteiger partial charge in [0.2, 0.25) is 5.95 Å². The van der Waals surface area contributed by atoms with Crippen LogP contribution in [-0.4, -0.2) is 51.8 Å². The second kappa shape index (κ2) is 7.62. The minimum Gasteiger partial charge on any atom is -0.494 e. The summed E-state index contributed by atoms with van der Waals surface area (Å²) in [6.07, 6.45) is 7.35. The zero-order valence-corrected chi connectivity index (χ0v) is 16.8. The number of benzene rings is 1. The molecule has 0 unspecified atom stereocenters. The molecule has 2 aromatic rings. The van der Waals surface area contributed by atoms with Gasteiger partial charge >= 0.3 is 6.03 Å². The smallest absolute Gasteiger partial charge is 0.324 e. The lowest BCUT2D eigenvalue weighted by molar-refractivity contribution is 0.00569. The third kappa shape index (κ3) is 3.81. The van der Waals surface area contributed by atoms with Gasteiger partial charge in [-0.15, -0.1) is 0 Å². The molecule has 2 aliphatic rings. The van der Waals surface area contributed by atoms with Gasteiger partial charge in [-0.2, -0.15) is 0 Å². The molecule has 2 heterocycles. The van der Waals surface area contributed by atoms with Gasteiger partial charge in [0.1, 0.15) is 11.3 Å². The van der Waals surface area contributed by atoms with Gasteiger partial charge in [-0.3, -0.25) is 5.32 Å². The van der Waals surface area contributed by atoms with Crippen molar-refractivity contribution in [2.45, 2.75) is 63.4 Å². The van der Waals surface area contributed by atoms with Crippen molar-refractivity contribution in [3.05, 3.63) is 17.7 Å². The largest absolute Gasteiger partial charge is 0.494 e. The molecule has 0 atom stereocenters. The molecule has 152 valence electrons. The number of imidazole rings is 1. The van der Waals surface area contributed by atoms with Crippen molar-refractivity contribution in [2.75, 3.05) is 25.5 Å². The van der Waals surface area contributed by atoms with Crippen LogP contribution in [0.2, 0.25) is 0 Å². The maximum Gasteiger partial charge on any atom is 0.324 e. The molecule has 0 radical (unpaired) electrons. The average Bonchev–Trinajstić information content (AvgIpc) is 3.11. The quantitative estimate of drug-likeness (QED) is 0.744. The molecule has 1 saturated heterocycles. The predicted molar refractivity (Wildman–Crippen MR) is 109 cm³/mol. The second-order valence-corrected chi connectivity index (χ2v) is 8.42. The Labute approximate surface area is 165 Å². The first-order chi connectivity index (χ1) is 13.5. The summed E-state index contributed by atoms with van der Waals surface area (Å²) >= 11 is 0. The molecule has 0 bridgehead atoms. The minimum atomic E-state index is -0.682. The van der Waals surface area contributed by atoms with Crippen LogP contribution in [0.3, 0.4) is 0 Å². The van der Waals surface area contributed by atoms with Gasteiger partial charge in [0.05, 0.1) is 18.2 Å². The molecule has 1 saturated carbocycles. The number of aliphatic hydroxyl groups is 1. The first-order valence-electron chi connectivity index (χ1n) is 10.3. The number of aromatic amines is 1. The third-order valence-corrected chi connectivity index (χ3v) is 6.26. The van der Waals surface area contributed by atoms with Crippen molar-refractivity contribution in [1.29, 1.82) is 0 Å². The van der Waals surface area contributed by atoms with Crippen LogP contribution in [0.5, 0.6) is 5.75 Å². The van der Waals surface area contributed by atoms with Gasteiger partial charge in [0.25, 0.3) is 0 Å². The fraction of sp³-hybridized carbons (Fsp3) is 0.619. The molecule has 3 N–H and O–H groups in total. The predicted octanol–water partition coefficient (Wildman–Crippen LogP) is 4.00. The van der Waals surface area contributed by atoms with Gasteiger partial charge < -0.3 is 19.7 Å². The van der Waals surface area contributed by atoms with Crippen LogP contribution in [0.25, 0.3) is 11.0 Å². The lowest BCUT2D eigenvalue weighted by Crippen LogP contribution is -2.46. The Balaban J connectivity index is 1.57. The molecule has 4 rings (SSSR count). The van der Waals surface area contributed by atoms with E-state index in [0.29, 0.717) is 37.8 Å². The number of carbonyl (C=O) groups excluding carboxylic acids is 1. The summed E-state index contributed by atoms with van der Waals surface area (Å²) in [6, 6.07) is 3.92. The van der Waals surface area contributed by atoms with Crippen molar-refractivity contribution >= 4 is 23.0 Å². The van der Waals surface area contributed by atoms with E-state index in [-0.39, 0.29) is 6.03 Å². The molecule has 2 amide bonds. The number of fused-ring (bicyclic) bond motifs is 1. The van der Waals surface area contributed by atoms with Crippen molar-refractivity contribution in [2.24, 2.45) is 0 Å². The van der Waals surface area contributed by atoms with E-state index in [1.54, 1.807) is 12.0 Å². The van der Waals surface area contributed by atoms with Gasteiger partial charge in [0, 0.05) is 13.1 Å². The number of nitrogens with one attached hydrogen (secondary N) is 2. The van der Waals surface area contributed by atoms with Crippen molar-refractivity contribution in [1.82, 2.24) is 14.9 Å². The second-order valence-electron chi connectivity index (χ2n) is 8.42. The lowest BCUT2D eigenvalue weighted by atomic mass is 9.83. The SMILES string of the molecule is COc1ccc(C2CCCCC2)c2nc(NC(=O)N3CCC(C)(O)CC3)[nH]c12. The fourth-order valence-electron chi connectivity index (χ4n) is 4.43. The molecular weight excluding hydrogens is 356 g/mol. The first kappa shape index (κ1) is 19.1. The standard InChI is InChI=1S/C21H30N4O3/c1-21(27)10-12-25(13-11-21)20(26)24-19-22-17-15(14-6-4-3-5-7-14)8-9-16(28-2)18(17)23-19/h8-9,14,27H,3-7,10-13H2,1-2H3,(H2,22,23,24,26). The highest BCUT2D eigenvalue weighted by molar-refractivity contribution is 5.92. The molecule has 1 aromatic carbocycles. The lowest BCUT2D eigenvalue weighted by Gasteiger charge is -2.35. The summed E-state index contributed by atoms with van der Waals surface area (Å²) in [5.41, 5.74) is 2.28. The van der Waals surface area contributed by atoms with Gasteiger partial charge in [-0.05, 0) is 50.2 Å². The molecule has 1 aliphatic carbocycles. The van der Waals surface area contributed by atoms with Crippen molar-refractivity contribution in [3.8, 4) is 5.75 Å². The number of aromatic nitrogens is 2. The summed E-state index contributed by atoms with van der Waals surface area (Å²) < 4.78 is 5.51. The number of hydrogen-bond donors (Lipinski definition) is 3. The number of likely N-dealkylation sites (tertiary alicyclic amines) is 1. The van der Waals surface area contributed by atoms with E-state index in [2.05, 4.69) is 16.4 Å². The Hall–Kier alpha value is -2.28. The highest BCUT2D eigenvalue weighted by atomic mass is 16.5. The summed E-state index contributed by atoms with van der Waals surface area (Å²) in [4.78, 5) is 22.3. The number of methoxy groups -OCH3 is 1. The van der Waals surface area contributed by atoms with Gasteiger partial charge in [0.15, 0.2) is 0 Å². The van der Waals surface area contributed by atoms with E-state index in [1.807, 2.05) is 13.0 Å². The topological polar surface area (TPSA) is 90.5 Å². The molecule has 1 aliphatic heterocycles. The number of ether oxygens (including phenoxy) is 1. The molecule has 28 heavy (non-hydrogen) atoms. The average molecular weight is 386 g/mol. The number of urea groups is 1. The Morgan fingerprint density at radius 1 is 1.29 bits per heavy atom. The van der Waals surface area contributed by atoms with E-state index in [4.69, 9.17) is 9.72 Å². The summed E-state index contributed by atoms with van der Waals surface area (Å²) in [5.74, 6) is 1.69. The van der Waals surface area contributed by atoms with E-state index in [0.717, 1.165) is 16.8 Å². The van der Waals surface area contributed by atoms with E-state index in [1.165, 1.54) is 37.7 Å². The third-order valence-electron chi connectivity index (χ3n) is 6.26.